The lowest BCUT2D eigenvalue weighted by atomic mass is 10.2. The molecule has 2 aliphatic rings. The van der Waals surface area contributed by atoms with Crippen LogP contribution in [0.3, 0.4) is 0 Å². The molecule has 0 spiro atoms. The second kappa shape index (κ2) is 7.44. The molecule has 0 aliphatic carbocycles. The van der Waals surface area contributed by atoms with Gasteiger partial charge in [-0.2, -0.15) is 4.31 Å². The van der Waals surface area contributed by atoms with E-state index in [0.717, 1.165) is 38.2 Å². The first-order valence-electron chi connectivity index (χ1n) is 7.69. The van der Waals surface area contributed by atoms with E-state index in [0.29, 0.717) is 13.1 Å². The fourth-order valence-electron chi connectivity index (χ4n) is 3.23. The molecule has 1 aromatic carbocycles. The minimum Gasteiger partial charge on any atom is -0.314 e. The SMILES string of the molecule is Cc1ccc(S(=O)(=O)N2CCC(N3CCNCC3)C2)c(F)c1.Cl. The zero-order chi connectivity index (χ0) is 15.7. The molecule has 0 bridgehead atoms. The molecule has 1 aromatic rings. The Hall–Kier alpha value is -0.730. The van der Waals surface area contributed by atoms with Crippen LogP contribution in [0, 0.1) is 12.7 Å². The van der Waals surface area contributed by atoms with Crippen molar-refractivity contribution in [1.29, 1.82) is 0 Å². The number of rotatable bonds is 3. The van der Waals surface area contributed by atoms with Gasteiger partial charge in [-0.05, 0) is 31.0 Å². The maximum absolute atomic E-state index is 14.0. The van der Waals surface area contributed by atoms with Crippen LogP contribution in [0.15, 0.2) is 23.1 Å². The number of nitrogens with zero attached hydrogens (tertiary/aromatic N) is 2. The van der Waals surface area contributed by atoms with Crippen LogP contribution >= 0.6 is 12.4 Å². The summed E-state index contributed by atoms with van der Waals surface area (Å²) < 4.78 is 40.8. The van der Waals surface area contributed by atoms with E-state index in [4.69, 9.17) is 0 Å². The van der Waals surface area contributed by atoms with Crippen molar-refractivity contribution in [2.75, 3.05) is 39.3 Å². The molecule has 2 aliphatic heterocycles. The van der Waals surface area contributed by atoms with Crippen molar-refractivity contribution in [2.24, 2.45) is 0 Å². The highest BCUT2D eigenvalue weighted by molar-refractivity contribution is 7.89. The number of benzene rings is 1. The average Bonchev–Trinajstić information content (AvgIpc) is 2.98. The van der Waals surface area contributed by atoms with E-state index < -0.39 is 15.8 Å². The molecule has 8 heteroatoms. The zero-order valence-corrected chi connectivity index (χ0v) is 14.8. The Morgan fingerprint density at radius 2 is 1.91 bits per heavy atom. The Bertz CT molecular complexity index is 650. The molecule has 3 rings (SSSR count). The minimum absolute atomic E-state index is 0. The molecule has 0 saturated carbocycles. The number of halogens is 2. The van der Waals surface area contributed by atoms with Crippen LogP contribution in [-0.4, -0.2) is 62.9 Å². The van der Waals surface area contributed by atoms with E-state index >= 15 is 0 Å². The smallest absolute Gasteiger partial charge is 0.246 e. The van der Waals surface area contributed by atoms with Crippen LogP contribution < -0.4 is 5.32 Å². The molecule has 1 atom stereocenters. The molecule has 0 aromatic heterocycles. The predicted molar refractivity (Wildman–Crippen MR) is 90.0 cm³/mol. The summed E-state index contributed by atoms with van der Waals surface area (Å²) in [6.07, 6.45) is 0.812. The van der Waals surface area contributed by atoms with Crippen molar-refractivity contribution in [2.45, 2.75) is 24.3 Å². The third-order valence-corrected chi connectivity index (χ3v) is 6.40. The van der Waals surface area contributed by atoms with Crippen LogP contribution in [0.2, 0.25) is 0 Å². The molecular weight excluding hydrogens is 341 g/mol. The third-order valence-electron chi connectivity index (χ3n) is 4.50. The maximum atomic E-state index is 14.0. The number of aryl methyl sites for hydroxylation is 1. The number of hydrogen-bond acceptors (Lipinski definition) is 4. The Kier molecular flexibility index (Phi) is 6.02. The van der Waals surface area contributed by atoms with Gasteiger partial charge in [0.2, 0.25) is 10.0 Å². The summed E-state index contributed by atoms with van der Waals surface area (Å²) in [5.74, 6) is -0.661. The summed E-state index contributed by atoms with van der Waals surface area (Å²) in [7, 11) is -3.74. The minimum atomic E-state index is -3.74. The lowest BCUT2D eigenvalue weighted by Crippen LogP contribution is -2.49. The van der Waals surface area contributed by atoms with Gasteiger partial charge in [-0.1, -0.05) is 6.07 Å². The summed E-state index contributed by atoms with van der Waals surface area (Å²) in [4.78, 5) is 2.12. The molecule has 1 N–H and O–H groups in total. The zero-order valence-electron chi connectivity index (χ0n) is 13.2. The highest BCUT2D eigenvalue weighted by atomic mass is 35.5. The van der Waals surface area contributed by atoms with Gasteiger partial charge in [0.15, 0.2) is 0 Å². The van der Waals surface area contributed by atoms with E-state index in [-0.39, 0.29) is 23.3 Å². The second-order valence-corrected chi connectivity index (χ2v) is 7.93. The Labute approximate surface area is 143 Å². The lowest BCUT2D eigenvalue weighted by Gasteiger charge is -2.32. The van der Waals surface area contributed by atoms with E-state index in [9.17, 15) is 12.8 Å². The topological polar surface area (TPSA) is 52.7 Å². The number of sulfonamides is 1. The summed E-state index contributed by atoms with van der Waals surface area (Å²) in [5.41, 5.74) is 0.719. The Morgan fingerprint density at radius 1 is 1.22 bits per heavy atom. The van der Waals surface area contributed by atoms with E-state index in [2.05, 4.69) is 10.2 Å². The van der Waals surface area contributed by atoms with Crippen molar-refractivity contribution < 1.29 is 12.8 Å². The molecule has 130 valence electrons. The second-order valence-electron chi connectivity index (χ2n) is 6.03. The highest BCUT2D eigenvalue weighted by Gasteiger charge is 2.36. The van der Waals surface area contributed by atoms with Crippen LogP contribution in [0.25, 0.3) is 0 Å². The maximum Gasteiger partial charge on any atom is 0.246 e. The van der Waals surface area contributed by atoms with Crippen molar-refractivity contribution in [1.82, 2.24) is 14.5 Å². The molecule has 1 unspecified atom stereocenters. The first kappa shape index (κ1) is 18.6. The fraction of sp³-hybridized carbons (Fsp3) is 0.600. The van der Waals surface area contributed by atoms with Crippen LogP contribution in [0.5, 0.6) is 0 Å². The largest absolute Gasteiger partial charge is 0.314 e. The molecule has 23 heavy (non-hydrogen) atoms. The summed E-state index contributed by atoms with van der Waals surface area (Å²) in [6, 6.07) is 4.53. The molecule has 2 fully saturated rings. The van der Waals surface area contributed by atoms with Gasteiger partial charge in [-0.15, -0.1) is 12.4 Å². The first-order chi connectivity index (χ1) is 10.5. The quantitative estimate of drug-likeness (QED) is 0.877. The molecule has 5 nitrogen and oxygen atoms in total. The van der Waals surface area contributed by atoms with Gasteiger partial charge >= 0.3 is 0 Å². The van der Waals surface area contributed by atoms with Gasteiger partial charge in [-0.3, -0.25) is 4.90 Å². The fourth-order valence-corrected chi connectivity index (χ4v) is 4.77. The number of nitrogens with one attached hydrogen (secondary N) is 1. The molecule has 2 saturated heterocycles. The molecule has 0 amide bonds. The van der Waals surface area contributed by atoms with Gasteiger partial charge < -0.3 is 5.32 Å². The summed E-state index contributed by atoms with van der Waals surface area (Å²) in [5, 5.41) is 3.30. The van der Waals surface area contributed by atoms with E-state index in [1.807, 2.05) is 0 Å². The monoisotopic (exact) mass is 363 g/mol. The standard InChI is InChI=1S/C15H22FN3O2S.ClH/c1-12-2-3-15(14(16)10-12)22(20,21)19-7-4-13(11-19)18-8-5-17-6-9-18;/h2-3,10,13,17H,4-9,11H2,1H3;1H. The van der Waals surface area contributed by atoms with Gasteiger partial charge in [0.05, 0.1) is 0 Å². The summed E-state index contributed by atoms with van der Waals surface area (Å²) >= 11 is 0. The highest BCUT2D eigenvalue weighted by Crippen LogP contribution is 2.26. The average molecular weight is 364 g/mol. The molecule has 0 radical (unpaired) electrons. The van der Waals surface area contributed by atoms with E-state index in [1.54, 1.807) is 13.0 Å². The van der Waals surface area contributed by atoms with Gasteiger partial charge in [0, 0.05) is 45.3 Å². The van der Waals surface area contributed by atoms with Gasteiger partial charge in [0.25, 0.3) is 0 Å². The number of piperazine rings is 1. The van der Waals surface area contributed by atoms with Crippen LogP contribution in [-0.2, 0) is 10.0 Å². The van der Waals surface area contributed by atoms with Crippen molar-refractivity contribution in [3.8, 4) is 0 Å². The van der Waals surface area contributed by atoms with Crippen molar-refractivity contribution in [3.05, 3.63) is 29.6 Å². The van der Waals surface area contributed by atoms with Gasteiger partial charge in [0.1, 0.15) is 10.7 Å². The van der Waals surface area contributed by atoms with Crippen LogP contribution in [0.4, 0.5) is 4.39 Å². The Morgan fingerprint density at radius 3 is 2.57 bits per heavy atom. The lowest BCUT2D eigenvalue weighted by molar-refractivity contribution is 0.179. The van der Waals surface area contributed by atoms with Gasteiger partial charge in [-0.25, -0.2) is 12.8 Å². The van der Waals surface area contributed by atoms with Crippen molar-refractivity contribution >= 4 is 22.4 Å². The van der Waals surface area contributed by atoms with E-state index in [1.165, 1.54) is 16.4 Å². The Balaban J connectivity index is 0.00000192. The summed E-state index contributed by atoms with van der Waals surface area (Å²) in [6.45, 7) is 6.43. The molecular formula is C15H23ClFN3O2S. The normalized spacial score (nSPS) is 23.7. The van der Waals surface area contributed by atoms with Crippen LogP contribution in [0.1, 0.15) is 12.0 Å². The number of hydrogen-bond donors (Lipinski definition) is 1. The third kappa shape index (κ3) is 3.85. The first-order valence-corrected chi connectivity index (χ1v) is 9.13. The van der Waals surface area contributed by atoms with Crippen molar-refractivity contribution in [3.63, 3.8) is 0 Å². The molecule has 2 heterocycles. The predicted octanol–water partition coefficient (Wildman–Crippen LogP) is 1.22.